The molecule has 0 aliphatic carbocycles. The quantitative estimate of drug-likeness (QED) is 0.167. The number of hydrogen-bond donors (Lipinski definition) is 3. The Morgan fingerprint density at radius 3 is 2.50 bits per heavy atom. The average Bonchev–Trinajstić information content (AvgIpc) is 3.19. The number of nitrogens with zero attached hydrogens (tertiary/aromatic N) is 1. The molecular formula is C20H31IN4O3S2. The molecule has 0 saturated heterocycles. The first-order valence-corrected chi connectivity index (χ1v) is 12.2. The van der Waals surface area contributed by atoms with Crippen LogP contribution in [0.3, 0.4) is 0 Å². The average molecular weight is 567 g/mol. The fourth-order valence-corrected chi connectivity index (χ4v) is 3.71. The molecule has 0 atom stereocenters. The normalized spacial score (nSPS) is 11.8. The number of guanidine groups is 1. The van der Waals surface area contributed by atoms with Crippen molar-refractivity contribution in [3.05, 3.63) is 46.7 Å². The van der Waals surface area contributed by atoms with Crippen LogP contribution in [-0.2, 0) is 16.4 Å². The van der Waals surface area contributed by atoms with Gasteiger partial charge in [-0.3, -0.25) is 4.99 Å². The summed E-state index contributed by atoms with van der Waals surface area (Å²) in [6.45, 7) is 6.90. The lowest BCUT2D eigenvalue weighted by Crippen LogP contribution is -2.34. The Labute approximate surface area is 200 Å². The van der Waals surface area contributed by atoms with Gasteiger partial charge in [0.2, 0.25) is 10.0 Å². The van der Waals surface area contributed by atoms with E-state index in [2.05, 4.69) is 31.8 Å². The molecule has 0 radical (unpaired) electrons. The lowest BCUT2D eigenvalue weighted by Gasteiger charge is -2.14. The molecule has 168 valence electrons. The third kappa shape index (κ3) is 10.6. The van der Waals surface area contributed by atoms with Crippen LogP contribution in [0.1, 0.15) is 25.6 Å². The molecule has 0 bridgehead atoms. The maximum absolute atomic E-state index is 11.5. The monoisotopic (exact) mass is 566 g/mol. The predicted octanol–water partition coefficient (Wildman–Crippen LogP) is 3.69. The molecule has 7 nitrogen and oxygen atoms in total. The second-order valence-electron chi connectivity index (χ2n) is 6.60. The summed E-state index contributed by atoms with van der Waals surface area (Å²) in [5, 5.41) is 8.62. The van der Waals surface area contributed by atoms with Crippen LogP contribution in [0.4, 0.5) is 5.69 Å². The number of halogens is 1. The molecule has 0 aliphatic rings. The van der Waals surface area contributed by atoms with Gasteiger partial charge in [0.15, 0.2) is 5.96 Å². The Morgan fingerprint density at radius 2 is 1.90 bits per heavy atom. The summed E-state index contributed by atoms with van der Waals surface area (Å²) < 4.78 is 31.3. The third-order valence-electron chi connectivity index (χ3n) is 3.82. The van der Waals surface area contributed by atoms with Gasteiger partial charge in [-0.1, -0.05) is 6.07 Å². The zero-order valence-electron chi connectivity index (χ0n) is 17.6. The van der Waals surface area contributed by atoms with Crippen LogP contribution in [0.25, 0.3) is 0 Å². The van der Waals surface area contributed by atoms with Crippen molar-refractivity contribution in [1.82, 2.24) is 10.0 Å². The molecule has 0 spiro atoms. The third-order valence-corrected chi connectivity index (χ3v) is 6.16. The summed E-state index contributed by atoms with van der Waals surface area (Å²) >= 11 is 1.72. The minimum Gasteiger partial charge on any atom is -0.491 e. The molecule has 2 rings (SSSR count). The van der Waals surface area contributed by atoms with Gasteiger partial charge in [-0.15, -0.1) is 35.3 Å². The highest BCUT2D eigenvalue weighted by Gasteiger charge is 2.06. The number of hydrogen-bond acceptors (Lipinski definition) is 5. The first kappa shape index (κ1) is 26.7. The van der Waals surface area contributed by atoms with E-state index in [4.69, 9.17) is 4.74 Å². The molecule has 0 aliphatic heterocycles. The Hall–Kier alpha value is -1.37. The lowest BCUT2D eigenvalue weighted by molar-refractivity contribution is 0.242. The molecule has 30 heavy (non-hydrogen) atoms. The number of thiophene rings is 1. The lowest BCUT2D eigenvalue weighted by atomic mass is 10.3. The van der Waals surface area contributed by atoms with E-state index in [1.165, 1.54) is 4.88 Å². The second-order valence-corrected chi connectivity index (χ2v) is 9.73. The number of rotatable bonds is 11. The predicted molar refractivity (Wildman–Crippen MR) is 137 cm³/mol. The van der Waals surface area contributed by atoms with Gasteiger partial charge >= 0.3 is 0 Å². The summed E-state index contributed by atoms with van der Waals surface area (Å²) in [5.74, 6) is 1.48. The van der Waals surface area contributed by atoms with E-state index >= 15 is 0 Å². The van der Waals surface area contributed by atoms with Crippen LogP contribution < -0.4 is 20.1 Å². The van der Waals surface area contributed by atoms with Gasteiger partial charge in [-0.2, -0.15) is 0 Å². The second kappa shape index (κ2) is 13.8. The molecule has 1 aromatic heterocycles. The molecular weight excluding hydrogens is 535 g/mol. The van der Waals surface area contributed by atoms with E-state index in [1.807, 2.05) is 44.2 Å². The SMILES string of the molecule is CCS(=O)(=O)NCCN=C(NCCc1cccs1)Nc1ccc(OC(C)C)cc1.I. The zero-order chi connectivity index (χ0) is 21.1. The van der Waals surface area contributed by atoms with Crippen molar-refractivity contribution in [2.24, 2.45) is 4.99 Å². The van der Waals surface area contributed by atoms with E-state index in [0.29, 0.717) is 12.5 Å². The largest absolute Gasteiger partial charge is 0.491 e. The molecule has 3 N–H and O–H groups in total. The highest BCUT2D eigenvalue weighted by Crippen LogP contribution is 2.17. The number of nitrogens with one attached hydrogen (secondary N) is 3. The Kier molecular flexibility index (Phi) is 12.3. The van der Waals surface area contributed by atoms with E-state index in [-0.39, 0.29) is 42.4 Å². The Bertz CT molecular complexity index is 855. The van der Waals surface area contributed by atoms with Gasteiger partial charge in [0.05, 0.1) is 18.4 Å². The van der Waals surface area contributed by atoms with Crippen LogP contribution in [0.5, 0.6) is 5.75 Å². The topological polar surface area (TPSA) is 91.8 Å². The maximum Gasteiger partial charge on any atom is 0.211 e. The van der Waals surface area contributed by atoms with E-state index in [1.54, 1.807) is 18.3 Å². The van der Waals surface area contributed by atoms with Crippen molar-refractivity contribution >= 4 is 57.0 Å². The fourth-order valence-electron chi connectivity index (χ4n) is 2.40. The molecule has 2 aromatic rings. The van der Waals surface area contributed by atoms with Crippen LogP contribution >= 0.6 is 35.3 Å². The van der Waals surface area contributed by atoms with Gasteiger partial charge in [0.1, 0.15) is 5.75 Å². The Balaban J connectivity index is 0.00000450. The van der Waals surface area contributed by atoms with Crippen LogP contribution in [-0.4, -0.2) is 45.9 Å². The van der Waals surface area contributed by atoms with Crippen molar-refractivity contribution in [2.45, 2.75) is 33.3 Å². The number of sulfonamides is 1. The van der Waals surface area contributed by atoms with Crippen molar-refractivity contribution in [2.75, 3.05) is 30.7 Å². The maximum atomic E-state index is 11.5. The number of benzene rings is 1. The standard InChI is InChI=1S/C20H30N4O3S2.HI/c1-4-29(25,26)23-14-13-22-20(21-12-11-19-6-5-15-28-19)24-17-7-9-18(10-8-17)27-16(2)3;/h5-10,15-16,23H,4,11-14H2,1-3H3,(H2,21,22,24);1H. The molecule has 0 fully saturated rings. The zero-order valence-corrected chi connectivity index (χ0v) is 21.5. The fraction of sp³-hybridized carbons (Fsp3) is 0.450. The van der Waals surface area contributed by atoms with Gasteiger partial charge in [0, 0.05) is 23.7 Å². The van der Waals surface area contributed by atoms with Crippen molar-refractivity contribution in [3.63, 3.8) is 0 Å². The summed E-state index contributed by atoms with van der Waals surface area (Å²) in [6, 6.07) is 11.8. The van der Waals surface area contributed by atoms with E-state index < -0.39 is 10.0 Å². The van der Waals surface area contributed by atoms with Crippen molar-refractivity contribution in [3.8, 4) is 5.75 Å². The van der Waals surface area contributed by atoms with Crippen LogP contribution in [0.2, 0.25) is 0 Å². The summed E-state index contributed by atoms with van der Waals surface area (Å²) in [6.07, 6.45) is 1.01. The van der Waals surface area contributed by atoms with E-state index in [0.717, 1.165) is 24.4 Å². The highest BCUT2D eigenvalue weighted by molar-refractivity contribution is 14.0. The first-order chi connectivity index (χ1) is 13.9. The van der Waals surface area contributed by atoms with Crippen LogP contribution in [0.15, 0.2) is 46.8 Å². The van der Waals surface area contributed by atoms with Gasteiger partial charge < -0.3 is 15.4 Å². The molecule has 10 heteroatoms. The van der Waals surface area contributed by atoms with Gasteiger partial charge in [0.25, 0.3) is 0 Å². The summed E-state index contributed by atoms with van der Waals surface area (Å²) in [5.41, 5.74) is 0.873. The van der Waals surface area contributed by atoms with Crippen molar-refractivity contribution < 1.29 is 13.2 Å². The smallest absolute Gasteiger partial charge is 0.211 e. The minimum absolute atomic E-state index is 0. The van der Waals surface area contributed by atoms with Gasteiger partial charge in [-0.05, 0) is 62.9 Å². The molecule has 1 heterocycles. The highest BCUT2D eigenvalue weighted by atomic mass is 127. The number of aliphatic imine (C=N–C) groups is 1. The molecule has 0 unspecified atom stereocenters. The molecule has 1 aromatic carbocycles. The number of ether oxygens (including phenoxy) is 1. The molecule has 0 amide bonds. The minimum atomic E-state index is -3.21. The Morgan fingerprint density at radius 1 is 1.17 bits per heavy atom. The molecule has 0 saturated carbocycles. The first-order valence-electron chi connectivity index (χ1n) is 9.69. The van der Waals surface area contributed by atoms with Crippen molar-refractivity contribution in [1.29, 1.82) is 0 Å². The van der Waals surface area contributed by atoms with Crippen LogP contribution in [0, 0.1) is 0 Å². The van der Waals surface area contributed by atoms with Gasteiger partial charge in [-0.25, -0.2) is 13.1 Å². The summed E-state index contributed by atoms with van der Waals surface area (Å²) in [7, 11) is -3.21. The summed E-state index contributed by atoms with van der Waals surface area (Å²) in [4.78, 5) is 5.78. The van der Waals surface area contributed by atoms with E-state index in [9.17, 15) is 8.42 Å². The number of anilines is 1.